The SMILES string of the molecule is CCOc1ccccc1/C=C1\Oc2c3c(cc(C)c2C1=O)OCN(Cc1ccc(F)cc1)C3. The van der Waals surface area contributed by atoms with Gasteiger partial charge in [-0.05, 0) is 55.3 Å². The highest BCUT2D eigenvalue weighted by atomic mass is 19.1. The van der Waals surface area contributed by atoms with Crippen LogP contribution in [0.3, 0.4) is 0 Å². The lowest BCUT2D eigenvalue weighted by atomic mass is 9.98. The Bertz CT molecular complexity index is 1250. The molecule has 0 saturated carbocycles. The largest absolute Gasteiger partial charge is 0.493 e. The first-order valence-electron chi connectivity index (χ1n) is 11.0. The minimum atomic E-state index is -0.260. The summed E-state index contributed by atoms with van der Waals surface area (Å²) in [7, 11) is 0. The highest BCUT2D eigenvalue weighted by Gasteiger charge is 2.35. The summed E-state index contributed by atoms with van der Waals surface area (Å²) in [5.41, 5.74) is 4.01. The third-order valence-electron chi connectivity index (χ3n) is 5.81. The lowest BCUT2D eigenvalue weighted by Gasteiger charge is -2.30. The lowest BCUT2D eigenvalue weighted by Crippen LogP contribution is -2.31. The van der Waals surface area contributed by atoms with E-state index in [0.29, 0.717) is 43.5 Å². The Balaban J connectivity index is 1.46. The number of aryl methyl sites for hydroxylation is 1. The van der Waals surface area contributed by atoms with Crippen molar-refractivity contribution in [2.75, 3.05) is 13.3 Å². The number of ketones is 1. The third kappa shape index (κ3) is 4.10. The summed E-state index contributed by atoms with van der Waals surface area (Å²) >= 11 is 0. The highest BCUT2D eigenvalue weighted by molar-refractivity contribution is 6.16. The molecular formula is C27H24FNO4. The fraction of sp³-hybridized carbons (Fsp3) is 0.222. The molecule has 5 nitrogen and oxygen atoms in total. The number of halogens is 1. The van der Waals surface area contributed by atoms with E-state index in [1.165, 1.54) is 12.1 Å². The molecule has 33 heavy (non-hydrogen) atoms. The number of hydrogen-bond acceptors (Lipinski definition) is 5. The first-order valence-corrected chi connectivity index (χ1v) is 11.0. The number of fused-ring (bicyclic) bond motifs is 3. The van der Waals surface area contributed by atoms with Crippen LogP contribution >= 0.6 is 0 Å². The van der Waals surface area contributed by atoms with Crippen LogP contribution < -0.4 is 14.2 Å². The van der Waals surface area contributed by atoms with E-state index in [4.69, 9.17) is 14.2 Å². The number of hydrogen-bond donors (Lipinski definition) is 0. The van der Waals surface area contributed by atoms with Crippen LogP contribution in [0, 0.1) is 12.7 Å². The predicted octanol–water partition coefficient (Wildman–Crippen LogP) is 5.50. The molecule has 0 radical (unpaired) electrons. The van der Waals surface area contributed by atoms with E-state index in [1.807, 2.05) is 44.2 Å². The molecule has 0 atom stereocenters. The number of rotatable bonds is 5. The van der Waals surface area contributed by atoms with Gasteiger partial charge >= 0.3 is 0 Å². The highest BCUT2D eigenvalue weighted by Crippen LogP contribution is 2.44. The number of Topliss-reactive ketones (excluding diaryl/α,β-unsaturated/α-hetero) is 1. The lowest BCUT2D eigenvalue weighted by molar-refractivity contribution is 0.0872. The van der Waals surface area contributed by atoms with E-state index >= 15 is 0 Å². The monoisotopic (exact) mass is 445 g/mol. The van der Waals surface area contributed by atoms with Gasteiger partial charge in [-0.3, -0.25) is 9.69 Å². The minimum absolute atomic E-state index is 0.146. The predicted molar refractivity (Wildman–Crippen MR) is 123 cm³/mol. The second kappa shape index (κ2) is 8.71. The van der Waals surface area contributed by atoms with Crippen LogP contribution in [0.1, 0.15) is 39.5 Å². The van der Waals surface area contributed by atoms with Gasteiger partial charge < -0.3 is 14.2 Å². The molecule has 3 aromatic rings. The van der Waals surface area contributed by atoms with Crippen molar-refractivity contribution < 1.29 is 23.4 Å². The number of nitrogens with zero attached hydrogens (tertiary/aromatic N) is 1. The molecule has 0 amide bonds. The van der Waals surface area contributed by atoms with Crippen molar-refractivity contribution in [2.24, 2.45) is 0 Å². The van der Waals surface area contributed by atoms with E-state index in [9.17, 15) is 9.18 Å². The number of carbonyl (C=O) groups is 1. The Labute approximate surface area is 192 Å². The van der Waals surface area contributed by atoms with E-state index in [0.717, 1.165) is 28.0 Å². The van der Waals surface area contributed by atoms with Gasteiger partial charge in [-0.25, -0.2) is 4.39 Å². The molecule has 0 saturated heterocycles. The van der Waals surface area contributed by atoms with Crippen molar-refractivity contribution in [3.05, 3.63) is 94.0 Å². The Morgan fingerprint density at radius 2 is 1.94 bits per heavy atom. The van der Waals surface area contributed by atoms with Crippen molar-refractivity contribution in [1.82, 2.24) is 4.90 Å². The number of ether oxygens (including phenoxy) is 3. The molecule has 0 spiro atoms. The summed E-state index contributed by atoms with van der Waals surface area (Å²) in [5.74, 6) is 1.85. The molecule has 5 rings (SSSR count). The fourth-order valence-electron chi connectivity index (χ4n) is 4.25. The zero-order chi connectivity index (χ0) is 22.9. The van der Waals surface area contributed by atoms with Crippen molar-refractivity contribution in [3.63, 3.8) is 0 Å². The molecule has 0 bridgehead atoms. The van der Waals surface area contributed by atoms with Gasteiger partial charge in [0.2, 0.25) is 5.78 Å². The van der Waals surface area contributed by atoms with Crippen molar-refractivity contribution in [2.45, 2.75) is 26.9 Å². The first-order chi connectivity index (χ1) is 16.0. The van der Waals surface area contributed by atoms with Crippen LogP contribution in [0.5, 0.6) is 17.2 Å². The van der Waals surface area contributed by atoms with Crippen molar-refractivity contribution in [3.8, 4) is 17.2 Å². The quantitative estimate of drug-likeness (QED) is 0.485. The second-order valence-electron chi connectivity index (χ2n) is 8.17. The van der Waals surface area contributed by atoms with Crippen LogP contribution in [0.2, 0.25) is 0 Å². The van der Waals surface area contributed by atoms with Gasteiger partial charge in [0.05, 0.1) is 17.7 Å². The molecule has 0 N–H and O–H groups in total. The molecule has 2 aliphatic heterocycles. The molecule has 3 aromatic carbocycles. The third-order valence-corrected chi connectivity index (χ3v) is 5.81. The van der Waals surface area contributed by atoms with Gasteiger partial charge in [0, 0.05) is 18.7 Å². The molecule has 6 heteroatoms. The van der Waals surface area contributed by atoms with Gasteiger partial charge in [0.1, 0.15) is 29.8 Å². The summed E-state index contributed by atoms with van der Waals surface area (Å²) in [6.07, 6.45) is 1.74. The summed E-state index contributed by atoms with van der Waals surface area (Å²) in [6, 6.07) is 15.9. The topological polar surface area (TPSA) is 48.0 Å². The number of carbonyl (C=O) groups excluding carboxylic acids is 1. The molecule has 0 aromatic heterocycles. The Hall–Kier alpha value is -3.64. The van der Waals surface area contributed by atoms with Gasteiger partial charge in [-0.2, -0.15) is 0 Å². The minimum Gasteiger partial charge on any atom is -0.493 e. The molecule has 0 fully saturated rings. The molecular weight excluding hydrogens is 421 g/mol. The number of benzene rings is 3. The van der Waals surface area contributed by atoms with Gasteiger partial charge in [0.15, 0.2) is 5.76 Å². The maximum atomic E-state index is 13.3. The maximum Gasteiger partial charge on any atom is 0.232 e. The molecule has 2 aliphatic rings. The Morgan fingerprint density at radius 1 is 1.15 bits per heavy atom. The van der Waals surface area contributed by atoms with Crippen LogP contribution in [-0.2, 0) is 13.1 Å². The van der Waals surface area contributed by atoms with Gasteiger partial charge in [-0.15, -0.1) is 0 Å². The number of para-hydroxylation sites is 1. The Morgan fingerprint density at radius 3 is 2.73 bits per heavy atom. The fourth-order valence-corrected chi connectivity index (χ4v) is 4.25. The Kier molecular flexibility index (Phi) is 5.60. The van der Waals surface area contributed by atoms with Crippen molar-refractivity contribution >= 4 is 11.9 Å². The van der Waals surface area contributed by atoms with E-state index in [1.54, 1.807) is 18.2 Å². The molecule has 0 aliphatic carbocycles. The van der Waals surface area contributed by atoms with Crippen LogP contribution in [0.15, 0.2) is 60.4 Å². The normalized spacial score (nSPS) is 16.2. The van der Waals surface area contributed by atoms with Gasteiger partial charge in [-0.1, -0.05) is 30.3 Å². The number of allylic oxidation sites excluding steroid dienone is 1. The summed E-state index contributed by atoms with van der Waals surface area (Å²) in [5, 5.41) is 0. The van der Waals surface area contributed by atoms with E-state index < -0.39 is 0 Å². The summed E-state index contributed by atoms with van der Waals surface area (Å²) in [4.78, 5) is 15.3. The molecule has 168 valence electrons. The van der Waals surface area contributed by atoms with Crippen LogP contribution in [0.25, 0.3) is 6.08 Å². The standard InChI is InChI=1S/C27H24FNO4/c1-3-31-22-7-5-4-6-19(22)13-24-26(30)25-17(2)12-23-21(27(25)33-24)15-29(16-32-23)14-18-8-10-20(28)11-9-18/h4-13H,3,14-16H2,1-2H3/b24-13-. The zero-order valence-corrected chi connectivity index (χ0v) is 18.6. The van der Waals surface area contributed by atoms with Crippen molar-refractivity contribution in [1.29, 1.82) is 0 Å². The first kappa shape index (κ1) is 21.2. The smallest absolute Gasteiger partial charge is 0.232 e. The second-order valence-corrected chi connectivity index (χ2v) is 8.17. The molecule has 2 heterocycles. The van der Waals surface area contributed by atoms with E-state index in [-0.39, 0.29) is 17.4 Å². The molecule has 0 unspecified atom stereocenters. The van der Waals surface area contributed by atoms with Crippen LogP contribution in [-0.4, -0.2) is 24.0 Å². The summed E-state index contributed by atoms with van der Waals surface area (Å²) < 4.78 is 31.1. The average Bonchev–Trinajstić information content (AvgIpc) is 3.14. The van der Waals surface area contributed by atoms with Crippen LogP contribution in [0.4, 0.5) is 4.39 Å². The average molecular weight is 445 g/mol. The van der Waals surface area contributed by atoms with Gasteiger partial charge in [0.25, 0.3) is 0 Å². The van der Waals surface area contributed by atoms with E-state index in [2.05, 4.69) is 4.90 Å². The summed E-state index contributed by atoms with van der Waals surface area (Å²) in [6.45, 7) is 5.91. The zero-order valence-electron chi connectivity index (χ0n) is 18.6. The maximum absolute atomic E-state index is 13.3.